The molecule has 1 unspecified atom stereocenters. The van der Waals surface area contributed by atoms with E-state index in [2.05, 4.69) is 23.5 Å². The maximum Gasteiger partial charge on any atom is 0.0700 e. The lowest BCUT2D eigenvalue weighted by atomic mass is 10.2. The maximum absolute atomic E-state index is 5.43. The van der Waals surface area contributed by atoms with E-state index in [-0.39, 0.29) is 6.04 Å². The van der Waals surface area contributed by atoms with Crippen LogP contribution in [0.5, 0.6) is 0 Å². The van der Waals surface area contributed by atoms with Crippen LogP contribution in [0.1, 0.15) is 18.5 Å². The molecule has 1 N–H and O–H groups in total. The first-order valence-corrected chi connectivity index (χ1v) is 7.21. The topological polar surface area (TPSA) is 48.3 Å². The number of nitrogens with zero attached hydrogens (tertiary/aromatic N) is 2. The van der Waals surface area contributed by atoms with E-state index in [0.29, 0.717) is 19.8 Å². The SMILES string of the molecule is COCCOCCNC(C)c1cnn(-c2ccccc2)c1. The Balaban J connectivity index is 1.78. The predicted molar refractivity (Wildman–Crippen MR) is 82.7 cm³/mol. The first-order chi connectivity index (χ1) is 10.3. The molecule has 21 heavy (non-hydrogen) atoms. The summed E-state index contributed by atoms with van der Waals surface area (Å²) in [5.74, 6) is 0. The van der Waals surface area contributed by atoms with Crippen LogP contribution in [0, 0.1) is 0 Å². The van der Waals surface area contributed by atoms with E-state index in [1.54, 1.807) is 7.11 Å². The van der Waals surface area contributed by atoms with Crippen LogP contribution in [0.4, 0.5) is 0 Å². The van der Waals surface area contributed by atoms with Gasteiger partial charge >= 0.3 is 0 Å². The molecule has 0 radical (unpaired) electrons. The molecule has 0 amide bonds. The lowest BCUT2D eigenvalue weighted by Gasteiger charge is -2.12. The second-order valence-corrected chi connectivity index (χ2v) is 4.83. The predicted octanol–water partition coefficient (Wildman–Crippen LogP) is 2.19. The molecule has 1 heterocycles. The fourth-order valence-electron chi connectivity index (χ4n) is 1.99. The first-order valence-electron chi connectivity index (χ1n) is 7.21. The van der Waals surface area contributed by atoms with E-state index in [1.807, 2.05) is 41.2 Å². The minimum Gasteiger partial charge on any atom is -0.382 e. The molecule has 0 aliphatic heterocycles. The summed E-state index contributed by atoms with van der Waals surface area (Å²) in [4.78, 5) is 0. The molecule has 1 aromatic heterocycles. The van der Waals surface area contributed by atoms with E-state index in [9.17, 15) is 0 Å². The molecular weight excluding hydrogens is 266 g/mol. The standard InChI is InChI=1S/C16H23N3O2/c1-14(17-8-9-21-11-10-20-2)15-12-18-19(13-15)16-6-4-3-5-7-16/h3-7,12-14,17H,8-11H2,1-2H3. The number of nitrogens with one attached hydrogen (secondary N) is 1. The summed E-state index contributed by atoms with van der Waals surface area (Å²) in [7, 11) is 1.67. The zero-order chi connectivity index (χ0) is 14.9. The van der Waals surface area contributed by atoms with Crippen molar-refractivity contribution >= 4 is 0 Å². The van der Waals surface area contributed by atoms with Crippen molar-refractivity contribution in [3.63, 3.8) is 0 Å². The maximum atomic E-state index is 5.43. The quantitative estimate of drug-likeness (QED) is 0.719. The van der Waals surface area contributed by atoms with Crippen molar-refractivity contribution in [1.82, 2.24) is 15.1 Å². The number of para-hydroxylation sites is 1. The molecule has 0 bridgehead atoms. The van der Waals surface area contributed by atoms with E-state index in [0.717, 1.165) is 17.8 Å². The second kappa shape index (κ2) is 8.56. The van der Waals surface area contributed by atoms with E-state index in [4.69, 9.17) is 9.47 Å². The number of aromatic nitrogens is 2. The van der Waals surface area contributed by atoms with Gasteiger partial charge in [0.15, 0.2) is 0 Å². The summed E-state index contributed by atoms with van der Waals surface area (Å²) in [6.07, 6.45) is 3.95. The molecule has 1 atom stereocenters. The monoisotopic (exact) mass is 289 g/mol. The summed E-state index contributed by atoms with van der Waals surface area (Å²) < 4.78 is 12.2. The van der Waals surface area contributed by atoms with E-state index in [1.165, 1.54) is 0 Å². The van der Waals surface area contributed by atoms with Gasteiger partial charge in [0.05, 0.1) is 31.7 Å². The smallest absolute Gasteiger partial charge is 0.0700 e. The van der Waals surface area contributed by atoms with Crippen molar-refractivity contribution in [2.75, 3.05) is 33.5 Å². The third-order valence-electron chi connectivity index (χ3n) is 3.25. The van der Waals surface area contributed by atoms with Gasteiger partial charge in [0, 0.05) is 31.5 Å². The Labute approximate surface area is 125 Å². The van der Waals surface area contributed by atoms with Gasteiger partial charge in [-0.1, -0.05) is 18.2 Å². The second-order valence-electron chi connectivity index (χ2n) is 4.83. The van der Waals surface area contributed by atoms with Crippen LogP contribution in [0.3, 0.4) is 0 Å². The number of methoxy groups -OCH3 is 1. The Bertz CT molecular complexity index is 513. The molecule has 5 heteroatoms. The van der Waals surface area contributed by atoms with Gasteiger partial charge in [-0.05, 0) is 19.1 Å². The molecule has 1 aromatic carbocycles. The minimum atomic E-state index is 0.244. The zero-order valence-corrected chi connectivity index (χ0v) is 12.7. The summed E-state index contributed by atoms with van der Waals surface area (Å²) >= 11 is 0. The number of ether oxygens (including phenoxy) is 2. The molecule has 0 aliphatic carbocycles. The summed E-state index contributed by atoms with van der Waals surface area (Å²) in [6, 6.07) is 10.3. The average molecular weight is 289 g/mol. The highest BCUT2D eigenvalue weighted by Gasteiger charge is 2.08. The van der Waals surface area contributed by atoms with Gasteiger partial charge in [-0.15, -0.1) is 0 Å². The third kappa shape index (κ3) is 4.97. The van der Waals surface area contributed by atoms with Crippen molar-refractivity contribution < 1.29 is 9.47 Å². The largest absolute Gasteiger partial charge is 0.382 e. The lowest BCUT2D eigenvalue weighted by molar-refractivity contribution is 0.0712. The molecule has 114 valence electrons. The van der Waals surface area contributed by atoms with Gasteiger partial charge in [-0.3, -0.25) is 0 Å². The van der Waals surface area contributed by atoms with Crippen molar-refractivity contribution in [3.8, 4) is 5.69 Å². The normalized spacial score (nSPS) is 12.5. The minimum absolute atomic E-state index is 0.244. The Morgan fingerprint density at radius 2 is 2.00 bits per heavy atom. The molecule has 0 fully saturated rings. The average Bonchev–Trinajstić information content (AvgIpc) is 3.01. The summed E-state index contributed by atoms with van der Waals surface area (Å²) in [5, 5.41) is 7.83. The van der Waals surface area contributed by atoms with Gasteiger partial charge < -0.3 is 14.8 Å². The number of hydrogen-bond acceptors (Lipinski definition) is 4. The van der Waals surface area contributed by atoms with Crippen molar-refractivity contribution in [3.05, 3.63) is 48.3 Å². The third-order valence-corrected chi connectivity index (χ3v) is 3.25. The summed E-state index contributed by atoms with van der Waals surface area (Å²) in [6.45, 7) is 4.89. The highest BCUT2D eigenvalue weighted by molar-refractivity contribution is 5.31. The van der Waals surface area contributed by atoms with Crippen LogP contribution in [0.2, 0.25) is 0 Å². The molecular formula is C16H23N3O2. The number of rotatable bonds is 9. The van der Waals surface area contributed by atoms with E-state index >= 15 is 0 Å². The molecule has 0 saturated carbocycles. The van der Waals surface area contributed by atoms with Crippen molar-refractivity contribution in [1.29, 1.82) is 0 Å². The van der Waals surface area contributed by atoms with Crippen LogP contribution in [-0.2, 0) is 9.47 Å². The van der Waals surface area contributed by atoms with Gasteiger partial charge in [0.25, 0.3) is 0 Å². The van der Waals surface area contributed by atoms with Gasteiger partial charge in [-0.25, -0.2) is 4.68 Å². The van der Waals surface area contributed by atoms with Gasteiger partial charge in [0.1, 0.15) is 0 Å². The molecule has 0 aliphatic rings. The summed E-state index contributed by atoms with van der Waals surface area (Å²) in [5.41, 5.74) is 2.23. The lowest BCUT2D eigenvalue weighted by Crippen LogP contribution is -2.23. The van der Waals surface area contributed by atoms with Crippen LogP contribution >= 0.6 is 0 Å². The molecule has 0 saturated heterocycles. The molecule has 5 nitrogen and oxygen atoms in total. The van der Waals surface area contributed by atoms with Gasteiger partial charge in [0.2, 0.25) is 0 Å². The van der Waals surface area contributed by atoms with Crippen molar-refractivity contribution in [2.45, 2.75) is 13.0 Å². The number of benzene rings is 1. The highest BCUT2D eigenvalue weighted by Crippen LogP contribution is 2.13. The first kappa shape index (κ1) is 15.7. The Morgan fingerprint density at radius 3 is 2.76 bits per heavy atom. The van der Waals surface area contributed by atoms with Gasteiger partial charge in [-0.2, -0.15) is 5.10 Å². The Morgan fingerprint density at radius 1 is 1.19 bits per heavy atom. The van der Waals surface area contributed by atoms with Crippen LogP contribution in [0.15, 0.2) is 42.7 Å². The Kier molecular flexibility index (Phi) is 6.40. The Hall–Kier alpha value is -1.69. The van der Waals surface area contributed by atoms with Crippen LogP contribution < -0.4 is 5.32 Å². The highest BCUT2D eigenvalue weighted by atomic mass is 16.5. The van der Waals surface area contributed by atoms with E-state index < -0.39 is 0 Å². The fraction of sp³-hybridized carbons (Fsp3) is 0.438. The van der Waals surface area contributed by atoms with Crippen molar-refractivity contribution in [2.24, 2.45) is 0 Å². The van der Waals surface area contributed by atoms with Crippen LogP contribution in [0.25, 0.3) is 5.69 Å². The molecule has 2 aromatic rings. The number of hydrogen-bond donors (Lipinski definition) is 1. The molecule has 2 rings (SSSR count). The zero-order valence-electron chi connectivity index (χ0n) is 12.7. The van der Waals surface area contributed by atoms with Crippen LogP contribution in [-0.4, -0.2) is 43.3 Å². The molecule has 0 spiro atoms. The fourth-order valence-corrected chi connectivity index (χ4v) is 1.99.